The molecule has 0 spiro atoms. The Hall–Kier alpha value is -2.48. The van der Waals surface area contributed by atoms with E-state index in [1.807, 2.05) is 0 Å². The topological polar surface area (TPSA) is 100 Å². The first kappa shape index (κ1) is 13.9. The Morgan fingerprint density at radius 3 is 2.95 bits per heavy atom. The van der Waals surface area contributed by atoms with Crippen molar-refractivity contribution in [3.8, 4) is 0 Å². The Bertz CT molecular complexity index is 614. The maximum atomic E-state index is 13.2. The van der Waals surface area contributed by atoms with E-state index in [4.69, 9.17) is 10.2 Å². The standard InChI is InChI=1S/C12H13FN4O3/c13-11-2-1-8(5-10(11)12(19)20)14-6-9-7-17(3-4-18)16-15-9/h1-2,5,7,14,18H,3-4,6H2,(H,19,20). The van der Waals surface area contributed by atoms with Crippen LogP contribution in [0, 0.1) is 5.82 Å². The molecule has 0 fully saturated rings. The average Bonchev–Trinajstić information content (AvgIpc) is 2.86. The number of aromatic carboxylic acids is 1. The van der Waals surface area contributed by atoms with Crippen LogP contribution in [-0.2, 0) is 13.1 Å². The van der Waals surface area contributed by atoms with Gasteiger partial charge in [-0.3, -0.25) is 0 Å². The molecule has 0 aliphatic rings. The van der Waals surface area contributed by atoms with E-state index < -0.39 is 11.8 Å². The lowest BCUT2D eigenvalue weighted by molar-refractivity contribution is 0.0692. The molecule has 1 aromatic heterocycles. The minimum Gasteiger partial charge on any atom is -0.478 e. The van der Waals surface area contributed by atoms with Gasteiger partial charge < -0.3 is 15.5 Å². The second-order valence-electron chi connectivity index (χ2n) is 4.05. The second kappa shape index (κ2) is 6.11. The fourth-order valence-electron chi connectivity index (χ4n) is 1.62. The van der Waals surface area contributed by atoms with Gasteiger partial charge in [0.2, 0.25) is 0 Å². The zero-order valence-corrected chi connectivity index (χ0v) is 10.5. The molecule has 0 saturated carbocycles. The molecule has 0 saturated heterocycles. The van der Waals surface area contributed by atoms with Crippen LogP contribution < -0.4 is 5.32 Å². The van der Waals surface area contributed by atoms with Crippen molar-refractivity contribution in [3.63, 3.8) is 0 Å². The fourth-order valence-corrected chi connectivity index (χ4v) is 1.62. The zero-order valence-electron chi connectivity index (χ0n) is 10.5. The first-order valence-corrected chi connectivity index (χ1v) is 5.86. The molecule has 0 unspecified atom stereocenters. The molecule has 1 aromatic carbocycles. The number of nitrogens with one attached hydrogen (secondary N) is 1. The number of anilines is 1. The Kier molecular flexibility index (Phi) is 4.26. The summed E-state index contributed by atoms with van der Waals surface area (Å²) in [6.07, 6.45) is 1.66. The zero-order chi connectivity index (χ0) is 14.5. The third-order valence-corrected chi connectivity index (χ3v) is 2.59. The van der Waals surface area contributed by atoms with Gasteiger partial charge in [0.15, 0.2) is 0 Å². The number of hydrogen-bond donors (Lipinski definition) is 3. The number of carboxylic acids is 1. The van der Waals surface area contributed by atoms with Gasteiger partial charge in [0, 0.05) is 5.69 Å². The SMILES string of the molecule is O=C(O)c1cc(NCc2cn(CCO)nn2)ccc1F. The van der Waals surface area contributed by atoms with Crippen LogP contribution in [0.15, 0.2) is 24.4 Å². The van der Waals surface area contributed by atoms with E-state index >= 15 is 0 Å². The molecular weight excluding hydrogens is 267 g/mol. The summed E-state index contributed by atoms with van der Waals surface area (Å²) >= 11 is 0. The lowest BCUT2D eigenvalue weighted by Gasteiger charge is -2.05. The molecule has 1 heterocycles. The van der Waals surface area contributed by atoms with Crippen molar-refractivity contribution in [1.29, 1.82) is 0 Å². The van der Waals surface area contributed by atoms with E-state index in [2.05, 4.69) is 15.6 Å². The van der Waals surface area contributed by atoms with Crippen molar-refractivity contribution in [2.24, 2.45) is 0 Å². The van der Waals surface area contributed by atoms with Crippen LogP contribution >= 0.6 is 0 Å². The molecule has 0 aliphatic heterocycles. The predicted molar refractivity (Wildman–Crippen MR) is 67.8 cm³/mol. The van der Waals surface area contributed by atoms with E-state index in [1.54, 1.807) is 6.20 Å². The highest BCUT2D eigenvalue weighted by Gasteiger charge is 2.10. The Labute approximate surface area is 113 Å². The van der Waals surface area contributed by atoms with Gasteiger partial charge >= 0.3 is 5.97 Å². The normalized spacial score (nSPS) is 10.5. The Balaban J connectivity index is 2.03. The first-order chi connectivity index (χ1) is 9.60. The summed E-state index contributed by atoms with van der Waals surface area (Å²) in [5, 5.41) is 28.2. The average molecular weight is 280 g/mol. The van der Waals surface area contributed by atoms with Crippen molar-refractivity contribution >= 4 is 11.7 Å². The minimum atomic E-state index is -1.32. The summed E-state index contributed by atoms with van der Waals surface area (Å²) in [5.74, 6) is -2.10. The quantitative estimate of drug-likeness (QED) is 0.721. The van der Waals surface area contributed by atoms with E-state index in [9.17, 15) is 9.18 Å². The molecule has 20 heavy (non-hydrogen) atoms. The molecule has 0 radical (unpaired) electrons. The lowest BCUT2D eigenvalue weighted by Crippen LogP contribution is -2.04. The maximum Gasteiger partial charge on any atom is 0.338 e. The monoisotopic (exact) mass is 280 g/mol. The largest absolute Gasteiger partial charge is 0.478 e. The van der Waals surface area contributed by atoms with Gasteiger partial charge in [-0.05, 0) is 18.2 Å². The number of carboxylic acid groups (broad SMARTS) is 1. The van der Waals surface area contributed by atoms with E-state index in [0.29, 0.717) is 24.5 Å². The third-order valence-electron chi connectivity index (χ3n) is 2.59. The van der Waals surface area contributed by atoms with Crippen molar-refractivity contribution in [2.45, 2.75) is 13.1 Å². The molecular formula is C12H13FN4O3. The van der Waals surface area contributed by atoms with Gasteiger partial charge in [-0.2, -0.15) is 0 Å². The van der Waals surface area contributed by atoms with Crippen LogP contribution in [0.25, 0.3) is 0 Å². The molecule has 8 heteroatoms. The summed E-state index contributed by atoms with van der Waals surface area (Å²) in [5.41, 5.74) is 0.707. The molecule has 0 atom stereocenters. The number of benzene rings is 1. The Morgan fingerprint density at radius 2 is 2.25 bits per heavy atom. The molecule has 7 nitrogen and oxygen atoms in total. The van der Waals surface area contributed by atoms with E-state index in [0.717, 1.165) is 6.07 Å². The number of aliphatic hydroxyl groups excluding tert-OH is 1. The molecule has 2 aromatic rings. The summed E-state index contributed by atoms with van der Waals surface area (Å²) in [6.45, 7) is 0.638. The van der Waals surface area contributed by atoms with Crippen molar-refractivity contribution in [1.82, 2.24) is 15.0 Å². The van der Waals surface area contributed by atoms with Crippen LogP contribution in [0.5, 0.6) is 0 Å². The van der Waals surface area contributed by atoms with Gasteiger partial charge in [0.1, 0.15) is 11.5 Å². The van der Waals surface area contributed by atoms with Crippen LogP contribution in [-0.4, -0.2) is 37.8 Å². The molecule has 0 bridgehead atoms. The van der Waals surface area contributed by atoms with Crippen molar-refractivity contribution < 1.29 is 19.4 Å². The maximum absolute atomic E-state index is 13.2. The van der Waals surface area contributed by atoms with Gasteiger partial charge in [-0.1, -0.05) is 5.21 Å². The van der Waals surface area contributed by atoms with E-state index in [-0.39, 0.29) is 12.2 Å². The highest BCUT2D eigenvalue weighted by molar-refractivity contribution is 5.89. The number of carbonyl (C=O) groups is 1. The molecule has 3 N–H and O–H groups in total. The highest BCUT2D eigenvalue weighted by atomic mass is 19.1. The third kappa shape index (κ3) is 3.29. The Morgan fingerprint density at radius 1 is 1.45 bits per heavy atom. The summed E-state index contributed by atoms with van der Waals surface area (Å²) in [4.78, 5) is 10.8. The van der Waals surface area contributed by atoms with Crippen LogP contribution in [0.4, 0.5) is 10.1 Å². The van der Waals surface area contributed by atoms with Crippen molar-refractivity contribution in [2.75, 3.05) is 11.9 Å². The van der Waals surface area contributed by atoms with Crippen LogP contribution in [0.1, 0.15) is 16.1 Å². The van der Waals surface area contributed by atoms with Crippen LogP contribution in [0.2, 0.25) is 0 Å². The molecule has 0 aliphatic carbocycles. The highest BCUT2D eigenvalue weighted by Crippen LogP contribution is 2.15. The number of halogens is 1. The second-order valence-corrected chi connectivity index (χ2v) is 4.05. The number of aliphatic hydroxyl groups is 1. The summed E-state index contributed by atoms with van der Waals surface area (Å²) < 4.78 is 14.7. The van der Waals surface area contributed by atoms with Crippen LogP contribution in [0.3, 0.4) is 0 Å². The predicted octanol–water partition coefficient (Wildman–Crippen LogP) is 0.720. The smallest absolute Gasteiger partial charge is 0.338 e. The molecule has 0 amide bonds. The van der Waals surface area contributed by atoms with E-state index in [1.165, 1.54) is 16.8 Å². The first-order valence-electron chi connectivity index (χ1n) is 5.86. The summed E-state index contributed by atoms with van der Waals surface area (Å²) in [6, 6.07) is 3.75. The minimum absolute atomic E-state index is 0.0316. The summed E-state index contributed by atoms with van der Waals surface area (Å²) in [7, 11) is 0. The fraction of sp³-hybridized carbons (Fsp3) is 0.250. The number of nitrogens with zero attached hydrogens (tertiary/aromatic N) is 3. The van der Waals surface area contributed by atoms with Crippen molar-refractivity contribution in [3.05, 3.63) is 41.5 Å². The lowest BCUT2D eigenvalue weighted by atomic mass is 10.2. The number of rotatable bonds is 6. The molecule has 2 rings (SSSR count). The number of aromatic nitrogens is 3. The van der Waals surface area contributed by atoms with Gasteiger partial charge in [0.05, 0.1) is 31.5 Å². The van der Waals surface area contributed by atoms with Gasteiger partial charge in [0.25, 0.3) is 0 Å². The van der Waals surface area contributed by atoms with Gasteiger partial charge in [-0.25, -0.2) is 13.9 Å². The molecule has 106 valence electrons. The van der Waals surface area contributed by atoms with Gasteiger partial charge in [-0.15, -0.1) is 5.10 Å². The number of hydrogen-bond acceptors (Lipinski definition) is 5.